The van der Waals surface area contributed by atoms with Crippen molar-refractivity contribution in [1.29, 1.82) is 0 Å². The summed E-state index contributed by atoms with van der Waals surface area (Å²) in [5.74, 6) is 0. The Morgan fingerprint density at radius 2 is 1.62 bits per heavy atom. The fourth-order valence-corrected chi connectivity index (χ4v) is 1.64. The molecule has 1 N–H and O–H groups in total. The predicted octanol–water partition coefficient (Wildman–Crippen LogP) is 3.29. The van der Waals surface area contributed by atoms with Gasteiger partial charge in [-0.15, -0.1) is 0 Å². The zero-order chi connectivity index (χ0) is 11.2. The maximum Gasteiger partial charge on any atom is 0.0521 e. The summed E-state index contributed by atoms with van der Waals surface area (Å²) in [5, 5.41) is 3.33. The van der Waals surface area contributed by atoms with Crippen molar-refractivity contribution in [3.63, 3.8) is 0 Å². The van der Waals surface area contributed by atoms with Gasteiger partial charge >= 0.3 is 0 Å². The maximum atomic E-state index is 3.33. The Balaban J connectivity index is 1.87. The Kier molecular flexibility index (Phi) is 3.73. The topological polar surface area (TPSA) is 12.0 Å². The van der Waals surface area contributed by atoms with E-state index in [0.29, 0.717) is 0 Å². The summed E-state index contributed by atoms with van der Waals surface area (Å²) in [6.07, 6.45) is 0. The molecule has 0 amide bonds. The van der Waals surface area contributed by atoms with Gasteiger partial charge in [-0.3, -0.25) is 0 Å². The van der Waals surface area contributed by atoms with E-state index in [1.807, 2.05) is 24.7 Å². The summed E-state index contributed by atoms with van der Waals surface area (Å²) in [6, 6.07) is 18.7. The standard InChI is InChI=1S/C15H16N/c1-13-7-5-6-10-15(13)12-16-11-14-8-3-2-4-9-14/h2-11,16H,12H2,1H3. The van der Waals surface area contributed by atoms with Gasteiger partial charge in [-0.25, -0.2) is 0 Å². The third kappa shape index (κ3) is 2.94. The third-order valence-corrected chi connectivity index (χ3v) is 2.62. The van der Waals surface area contributed by atoms with Crippen molar-refractivity contribution in [2.24, 2.45) is 0 Å². The van der Waals surface area contributed by atoms with Gasteiger partial charge in [0.05, 0.1) is 6.54 Å². The van der Waals surface area contributed by atoms with E-state index >= 15 is 0 Å². The molecule has 0 aliphatic carbocycles. The van der Waals surface area contributed by atoms with E-state index in [2.05, 4.69) is 48.6 Å². The van der Waals surface area contributed by atoms with Crippen LogP contribution in [0.5, 0.6) is 0 Å². The van der Waals surface area contributed by atoms with Crippen LogP contribution in [0.2, 0.25) is 0 Å². The van der Waals surface area contributed by atoms with Crippen molar-refractivity contribution in [2.45, 2.75) is 13.5 Å². The highest BCUT2D eigenvalue weighted by atomic mass is 14.8. The first-order valence-electron chi connectivity index (χ1n) is 5.52. The van der Waals surface area contributed by atoms with E-state index in [0.717, 1.165) is 6.54 Å². The van der Waals surface area contributed by atoms with Gasteiger partial charge in [-0.05, 0) is 23.6 Å². The van der Waals surface area contributed by atoms with Crippen LogP contribution in [0.3, 0.4) is 0 Å². The number of nitrogens with one attached hydrogen (secondary N) is 1. The molecule has 0 aliphatic heterocycles. The van der Waals surface area contributed by atoms with Gasteiger partial charge in [0, 0.05) is 6.54 Å². The number of hydrogen-bond donors (Lipinski definition) is 1. The van der Waals surface area contributed by atoms with Crippen LogP contribution in [0.1, 0.15) is 16.7 Å². The molecule has 1 radical (unpaired) electrons. The molecule has 0 atom stereocenters. The Morgan fingerprint density at radius 3 is 2.38 bits per heavy atom. The molecule has 1 nitrogen and oxygen atoms in total. The molecule has 0 heterocycles. The fourth-order valence-electron chi connectivity index (χ4n) is 1.64. The number of benzene rings is 2. The van der Waals surface area contributed by atoms with Crippen molar-refractivity contribution in [2.75, 3.05) is 0 Å². The zero-order valence-electron chi connectivity index (χ0n) is 9.48. The minimum absolute atomic E-state index is 0.877. The van der Waals surface area contributed by atoms with Crippen molar-refractivity contribution >= 4 is 0 Å². The van der Waals surface area contributed by atoms with Crippen LogP contribution in [-0.2, 0) is 6.54 Å². The lowest BCUT2D eigenvalue weighted by atomic mass is 10.1. The van der Waals surface area contributed by atoms with E-state index < -0.39 is 0 Å². The van der Waals surface area contributed by atoms with Gasteiger partial charge in [-0.2, -0.15) is 0 Å². The highest BCUT2D eigenvalue weighted by Gasteiger charge is 1.96. The summed E-state index contributed by atoms with van der Waals surface area (Å²) in [4.78, 5) is 0. The highest BCUT2D eigenvalue weighted by Crippen LogP contribution is 2.07. The largest absolute Gasteiger partial charge is 0.304 e. The molecule has 2 aromatic rings. The SMILES string of the molecule is Cc1ccccc1CN[CH]c1ccccc1. The minimum Gasteiger partial charge on any atom is -0.304 e. The van der Waals surface area contributed by atoms with Crippen LogP contribution in [-0.4, -0.2) is 0 Å². The van der Waals surface area contributed by atoms with Crippen molar-refractivity contribution in [3.05, 3.63) is 77.8 Å². The molecule has 16 heavy (non-hydrogen) atoms. The van der Waals surface area contributed by atoms with Gasteiger partial charge < -0.3 is 5.32 Å². The molecule has 0 saturated carbocycles. The minimum atomic E-state index is 0.877. The average molecular weight is 210 g/mol. The lowest BCUT2D eigenvalue weighted by Gasteiger charge is -2.07. The number of aryl methyl sites for hydroxylation is 1. The molecular weight excluding hydrogens is 194 g/mol. The predicted molar refractivity (Wildman–Crippen MR) is 67.9 cm³/mol. The normalized spacial score (nSPS) is 10.3. The Bertz CT molecular complexity index is 434. The average Bonchev–Trinajstić information content (AvgIpc) is 2.33. The van der Waals surface area contributed by atoms with Crippen molar-refractivity contribution < 1.29 is 0 Å². The third-order valence-electron chi connectivity index (χ3n) is 2.62. The van der Waals surface area contributed by atoms with Gasteiger partial charge in [0.25, 0.3) is 0 Å². The Hall–Kier alpha value is -1.60. The first kappa shape index (κ1) is 10.9. The van der Waals surface area contributed by atoms with Crippen LogP contribution in [0.25, 0.3) is 0 Å². The Morgan fingerprint density at radius 1 is 0.938 bits per heavy atom. The molecule has 1 heteroatoms. The second-order valence-electron chi connectivity index (χ2n) is 3.86. The van der Waals surface area contributed by atoms with Crippen LogP contribution in [0.15, 0.2) is 54.6 Å². The molecule has 81 valence electrons. The fraction of sp³-hybridized carbons (Fsp3) is 0.133. The molecular formula is C15H16N. The van der Waals surface area contributed by atoms with Crippen LogP contribution in [0, 0.1) is 13.5 Å². The molecule has 0 unspecified atom stereocenters. The first-order valence-corrected chi connectivity index (χ1v) is 5.52. The molecule has 0 spiro atoms. The van der Waals surface area contributed by atoms with Crippen LogP contribution in [0.4, 0.5) is 0 Å². The van der Waals surface area contributed by atoms with Gasteiger partial charge in [-0.1, -0.05) is 54.6 Å². The van der Waals surface area contributed by atoms with E-state index in [1.165, 1.54) is 16.7 Å². The smallest absolute Gasteiger partial charge is 0.0521 e. The van der Waals surface area contributed by atoms with E-state index in [9.17, 15) is 0 Å². The molecule has 0 saturated heterocycles. The Labute approximate surface area is 97.1 Å². The maximum absolute atomic E-state index is 3.33. The van der Waals surface area contributed by atoms with Gasteiger partial charge in [0.2, 0.25) is 0 Å². The lowest BCUT2D eigenvalue weighted by Crippen LogP contribution is -2.11. The second-order valence-corrected chi connectivity index (χ2v) is 3.86. The summed E-state index contributed by atoms with van der Waals surface area (Å²) < 4.78 is 0. The summed E-state index contributed by atoms with van der Waals surface area (Å²) in [6.45, 7) is 5.06. The van der Waals surface area contributed by atoms with Crippen LogP contribution < -0.4 is 5.32 Å². The quantitative estimate of drug-likeness (QED) is 0.816. The lowest BCUT2D eigenvalue weighted by molar-refractivity contribution is 0.813. The van der Waals surface area contributed by atoms with Crippen molar-refractivity contribution in [3.8, 4) is 0 Å². The second kappa shape index (κ2) is 5.47. The van der Waals surface area contributed by atoms with E-state index in [4.69, 9.17) is 0 Å². The molecule has 0 fully saturated rings. The van der Waals surface area contributed by atoms with Crippen LogP contribution >= 0.6 is 0 Å². The molecule has 2 rings (SSSR count). The number of rotatable bonds is 4. The monoisotopic (exact) mass is 210 g/mol. The highest BCUT2D eigenvalue weighted by molar-refractivity contribution is 5.26. The number of hydrogen-bond acceptors (Lipinski definition) is 1. The summed E-state index contributed by atoms with van der Waals surface area (Å²) >= 11 is 0. The molecule has 2 aromatic carbocycles. The summed E-state index contributed by atoms with van der Waals surface area (Å²) in [5.41, 5.74) is 3.88. The molecule has 0 aliphatic rings. The summed E-state index contributed by atoms with van der Waals surface area (Å²) in [7, 11) is 0. The molecule has 0 aromatic heterocycles. The van der Waals surface area contributed by atoms with E-state index in [-0.39, 0.29) is 0 Å². The van der Waals surface area contributed by atoms with E-state index in [1.54, 1.807) is 0 Å². The van der Waals surface area contributed by atoms with Gasteiger partial charge in [0.1, 0.15) is 0 Å². The first-order chi connectivity index (χ1) is 7.86. The molecule has 0 bridgehead atoms. The zero-order valence-corrected chi connectivity index (χ0v) is 9.48. The van der Waals surface area contributed by atoms with Crippen molar-refractivity contribution in [1.82, 2.24) is 5.32 Å². The van der Waals surface area contributed by atoms with Gasteiger partial charge in [0.15, 0.2) is 0 Å².